The van der Waals surface area contributed by atoms with Gasteiger partial charge in [0.2, 0.25) is 11.8 Å². The molecule has 2 aromatic rings. The normalized spacial score (nSPS) is 14.8. The second kappa shape index (κ2) is 8.68. The zero-order valence-corrected chi connectivity index (χ0v) is 16.4. The molecule has 0 bridgehead atoms. The van der Waals surface area contributed by atoms with Crippen LogP contribution in [-0.2, 0) is 4.79 Å². The van der Waals surface area contributed by atoms with Crippen molar-refractivity contribution >= 4 is 23.4 Å². The zero-order valence-electron chi connectivity index (χ0n) is 15.7. The number of rotatable bonds is 8. The number of halogens is 2. The predicted octanol–water partition coefficient (Wildman–Crippen LogP) is 3.37. The summed E-state index contributed by atoms with van der Waals surface area (Å²) < 4.78 is 18.4. The van der Waals surface area contributed by atoms with Crippen molar-refractivity contribution in [3.05, 3.63) is 46.3 Å². The summed E-state index contributed by atoms with van der Waals surface area (Å²) in [7, 11) is 0. The summed E-state index contributed by atoms with van der Waals surface area (Å²) in [4.78, 5) is 28.8. The number of benzene rings is 1. The van der Waals surface area contributed by atoms with E-state index in [9.17, 15) is 14.0 Å². The molecule has 1 unspecified atom stereocenters. The first kappa shape index (κ1) is 20.3. The first-order valence-corrected chi connectivity index (χ1v) is 9.59. The predicted molar refractivity (Wildman–Crippen MR) is 100 cm³/mol. The van der Waals surface area contributed by atoms with E-state index in [1.54, 1.807) is 0 Å². The third-order valence-electron chi connectivity index (χ3n) is 4.46. The van der Waals surface area contributed by atoms with Crippen LogP contribution in [0.1, 0.15) is 67.1 Å². The molecule has 1 aliphatic rings. The summed E-state index contributed by atoms with van der Waals surface area (Å²) in [5.41, 5.74) is 0.155. The van der Waals surface area contributed by atoms with Crippen molar-refractivity contribution in [2.45, 2.75) is 45.1 Å². The highest BCUT2D eigenvalue weighted by Gasteiger charge is 2.31. The van der Waals surface area contributed by atoms with Crippen LogP contribution in [0.3, 0.4) is 0 Å². The van der Waals surface area contributed by atoms with E-state index < -0.39 is 17.8 Å². The van der Waals surface area contributed by atoms with Crippen LogP contribution in [0.25, 0.3) is 0 Å². The van der Waals surface area contributed by atoms with Crippen LogP contribution in [0.5, 0.6) is 0 Å². The van der Waals surface area contributed by atoms with Crippen molar-refractivity contribution in [2.75, 3.05) is 6.54 Å². The largest absolute Gasteiger partial charge is 0.351 e. The summed E-state index contributed by atoms with van der Waals surface area (Å²) in [6.07, 6.45) is 2.20. The number of aromatic nitrogens is 2. The molecule has 1 aromatic carbocycles. The highest BCUT2D eigenvalue weighted by atomic mass is 35.5. The molecule has 1 aromatic heterocycles. The summed E-state index contributed by atoms with van der Waals surface area (Å²) >= 11 is 5.86. The minimum atomic E-state index is -0.522. The van der Waals surface area contributed by atoms with Crippen molar-refractivity contribution in [1.29, 1.82) is 0 Å². The minimum Gasteiger partial charge on any atom is -0.351 e. The van der Waals surface area contributed by atoms with Gasteiger partial charge >= 0.3 is 0 Å². The molecule has 1 aliphatic carbocycles. The SMILES string of the molecule is CC(C)C(NC(=O)CCNC(=O)c1ccc(F)cc1Cl)c1nc(C2CC2)no1. The van der Waals surface area contributed by atoms with Crippen LogP contribution in [0.4, 0.5) is 4.39 Å². The lowest BCUT2D eigenvalue weighted by atomic mass is 10.0. The lowest BCUT2D eigenvalue weighted by Gasteiger charge is -2.18. The Bertz CT molecular complexity index is 867. The molecular weight excluding hydrogens is 387 g/mol. The molecular formula is C19H22ClFN4O3. The van der Waals surface area contributed by atoms with Gasteiger partial charge in [0.05, 0.1) is 10.6 Å². The fraction of sp³-hybridized carbons (Fsp3) is 0.474. The van der Waals surface area contributed by atoms with Crippen molar-refractivity contribution < 1.29 is 18.5 Å². The molecule has 9 heteroatoms. The Balaban J connectivity index is 1.51. The summed E-state index contributed by atoms with van der Waals surface area (Å²) in [5, 5.41) is 9.48. The van der Waals surface area contributed by atoms with Gasteiger partial charge in [-0.1, -0.05) is 30.6 Å². The van der Waals surface area contributed by atoms with E-state index in [1.165, 1.54) is 6.07 Å². The van der Waals surface area contributed by atoms with Gasteiger partial charge in [-0.2, -0.15) is 4.98 Å². The number of amides is 2. The molecule has 28 heavy (non-hydrogen) atoms. The van der Waals surface area contributed by atoms with Gasteiger partial charge in [-0.15, -0.1) is 0 Å². The Hall–Kier alpha value is -2.48. The first-order valence-electron chi connectivity index (χ1n) is 9.21. The number of nitrogens with one attached hydrogen (secondary N) is 2. The summed E-state index contributed by atoms with van der Waals surface area (Å²) in [5.74, 6) is 0.274. The molecule has 0 aliphatic heterocycles. The molecule has 0 spiro atoms. The zero-order chi connectivity index (χ0) is 20.3. The van der Waals surface area contributed by atoms with Gasteiger partial charge in [0, 0.05) is 18.9 Å². The topological polar surface area (TPSA) is 97.1 Å². The van der Waals surface area contributed by atoms with Crippen LogP contribution >= 0.6 is 11.6 Å². The van der Waals surface area contributed by atoms with Crippen LogP contribution in [-0.4, -0.2) is 28.5 Å². The van der Waals surface area contributed by atoms with Gasteiger partial charge < -0.3 is 15.2 Å². The molecule has 2 amide bonds. The van der Waals surface area contributed by atoms with E-state index in [4.69, 9.17) is 16.1 Å². The van der Waals surface area contributed by atoms with Gasteiger partial charge in [0.25, 0.3) is 5.91 Å². The van der Waals surface area contributed by atoms with E-state index in [-0.39, 0.29) is 35.4 Å². The fourth-order valence-corrected chi connectivity index (χ4v) is 2.95. The van der Waals surface area contributed by atoms with Crippen LogP contribution in [0, 0.1) is 11.7 Å². The average molecular weight is 409 g/mol. The third kappa shape index (κ3) is 5.07. The van der Waals surface area contributed by atoms with Gasteiger partial charge in [0.1, 0.15) is 11.9 Å². The van der Waals surface area contributed by atoms with Crippen LogP contribution in [0.15, 0.2) is 22.7 Å². The molecule has 1 heterocycles. The van der Waals surface area contributed by atoms with Crippen molar-refractivity contribution in [3.63, 3.8) is 0 Å². The summed E-state index contributed by atoms with van der Waals surface area (Å²) in [6, 6.07) is 3.13. The average Bonchev–Trinajstić information content (AvgIpc) is 3.37. The van der Waals surface area contributed by atoms with E-state index in [2.05, 4.69) is 20.8 Å². The molecule has 1 atom stereocenters. The maximum atomic E-state index is 13.1. The fourth-order valence-electron chi connectivity index (χ4n) is 2.70. The molecule has 1 saturated carbocycles. The Labute approximate surface area is 167 Å². The molecule has 150 valence electrons. The van der Waals surface area contributed by atoms with E-state index in [0.717, 1.165) is 25.0 Å². The lowest BCUT2D eigenvalue weighted by Crippen LogP contribution is -2.35. The highest BCUT2D eigenvalue weighted by Crippen LogP contribution is 2.38. The standard InChI is InChI=1S/C19H22ClFN4O3/c1-10(2)16(19-24-17(25-28-19)11-3-4-11)23-15(26)7-8-22-18(27)13-6-5-12(21)9-14(13)20/h5-6,9-11,16H,3-4,7-8H2,1-2H3,(H,22,27)(H,23,26). The van der Waals surface area contributed by atoms with Gasteiger partial charge in [-0.05, 0) is 37.0 Å². The number of hydrogen-bond donors (Lipinski definition) is 2. The second-order valence-electron chi connectivity index (χ2n) is 7.18. The number of nitrogens with zero attached hydrogens (tertiary/aromatic N) is 2. The van der Waals surface area contributed by atoms with Crippen molar-refractivity contribution in [2.24, 2.45) is 5.92 Å². The Morgan fingerprint density at radius 1 is 1.36 bits per heavy atom. The summed E-state index contributed by atoms with van der Waals surface area (Å²) in [6.45, 7) is 4.01. The van der Waals surface area contributed by atoms with Crippen molar-refractivity contribution in [1.82, 2.24) is 20.8 Å². The molecule has 0 saturated heterocycles. The van der Waals surface area contributed by atoms with Gasteiger partial charge in [0.15, 0.2) is 5.82 Å². The maximum absolute atomic E-state index is 13.1. The van der Waals surface area contributed by atoms with E-state index in [1.807, 2.05) is 13.8 Å². The molecule has 1 fully saturated rings. The Morgan fingerprint density at radius 2 is 2.11 bits per heavy atom. The third-order valence-corrected chi connectivity index (χ3v) is 4.78. The van der Waals surface area contributed by atoms with Crippen LogP contribution in [0.2, 0.25) is 5.02 Å². The van der Waals surface area contributed by atoms with Crippen molar-refractivity contribution in [3.8, 4) is 0 Å². The van der Waals surface area contributed by atoms with Gasteiger partial charge in [-0.25, -0.2) is 4.39 Å². The lowest BCUT2D eigenvalue weighted by molar-refractivity contribution is -0.122. The minimum absolute atomic E-state index is 0.0182. The second-order valence-corrected chi connectivity index (χ2v) is 7.59. The number of carbonyl (C=O) groups excluding carboxylic acids is 2. The first-order chi connectivity index (χ1) is 13.3. The van der Waals surface area contributed by atoms with Gasteiger partial charge in [-0.3, -0.25) is 9.59 Å². The molecule has 2 N–H and O–H groups in total. The van der Waals surface area contributed by atoms with Crippen LogP contribution < -0.4 is 10.6 Å². The molecule has 3 rings (SSSR count). The van der Waals surface area contributed by atoms with E-state index in [0.29, 0.717) is 17.6 Å². The monoisotopic (exact) mass is 408 g/mol. The Morgan fingerprint density at radius 3 is 2.75 bits per heavy atom. The maximum Gasteiger partial charge on any atom is 0.252 e. The Kier molecular flexibility index (Phi) is 6.28. The smallest absolute Gasteiger partial charge is 0.252 e. The van der Waals surface area contributed by atoms with E-state index >= 15 is 0 Å². The number of carbonyl (C=O) groups is 2. The quantitative estimate of drug-likeness (QED) is 0.697. The number of hydrogen-bond acceptors (Lipinski definition) is 5. The highest BCUT2D eigenvalue weighted by molar-refractivity contribution is 6.33. The molecule has 7 nitrogen and oxygen atoms in total. The molecule has 0 radical (unpaired) electrons.